The zero-order chi connectivity index (χ0) is 14.9. The van der Waals surface area contributed by atoms with Crippen molar-refractivity contribution in [3.8, 4) is 0 Å². The Bertz CT molecular complexity index is 358. The fourth-order valence-electron chi connectivity index (χ4n) is 1.30. The van der Waals surface area contributed by atoms with Crippen LogP contribution >= 0.6 is 11.9 Å². The number of nitrogens with one attached hydrogen (secondary N) is 1. The van der Waals surface area contributed by atoms with E-state index in [0.29, 0.717) is 19.6 Å². The summed E-state index contributed by atoms with van der Waals surface area (Å²) in [5.74, 6) is -0.781. The number of sulfonamides is 1. The summed E-state index contributed by atoms with van der Waals surface area (Å²) in [5.41, 5.74) is 0. The number of carbonyl (C=O) groups is 1. The molecule has 0 aromatic heterocycles. The fourth-order valence-corrected chi connectivity index (χ4v) is 2.83. The number of hydrogen-bond acceptors (Lipinski definition) is 6. The molecule has 0 aliphatic heterocycles. The summed E-state index contributed by atoms with van der Waals surface area (Å²) in [5, 5.41) is 0. The van der Waals surface area contributed by atoms with Crippen LogP contribution in [-0.2, 0) is 19.6 Å². The van der Waals surface area contributed by atoms with E-state index < -0.39 is 10.0 Å². The molecule has 19 heavy (non-hydrogen) atoms. The lowest BCUT2D eigenvalue weighted by Gasteiger charge is -2.19. The van der Waals surface area contributed by atoms with Crippen LogP contribution in [0.2, 0.25) is 0 Å². The van der Waals surface area contributed by atoms with E-state index in [9.17, 15) is 13.2 Å². The third-order valence-corrected chi connectivity index (χ3v) is 4.72. The molecule has 0 aliphatic carbocycles. The molecule has 114 valence electrons. The van der Waals surface area contributed by atoms with Gasteiger partial charge in [0.2, 0.25) is 15.9 Å². The third-order valence-electron chi connectivity index (χ3n) is 2.41. The molecule has 0 aromatic rings. The molecule has 0 bridgehead atoms. The minimum atomic E-state index is -3.52. The predicted molar refractivity (Wildman–Crippen MR) is 78.3 cm³/mol. The van der Waals surface area contributed by atoms with Gasteiger partial charge in [0.25, 0.3) is 0 Å². The van der Waals surface area contributed by atoms with Crippen LogP contribution in [0.5, 0.6) is 0 Å². The number of rotatable bonds is 10. The second-order valence-electron chi connectivity index (χ2n) is 4.34. The Labute approximate surface area is 120 Å². The molecule has 0 heterocycles. The zero-order valence-electron chi connectivity index (χ0n) is 12.0. The highest BCUT2D eigenvalue weighted by molar-refractivity contribution is 7.96. The van der Waals surface area contributed by atoms with Crippen molar-refractivity contribution in [1.29, 1.82) is 0 Å². The van der Waals surface area contributed by atoms with Crippen LogP contribution in [0.1, 0.15) is 20.3 Å². The molecule has 0 unspecified atom stereocenters. The van der Waals surface area contributed by atoms with Crippen LogP contribution in [0.3, 0.4) is 0 Å². The molecule has 1 amide bonds. The quantitative estimate of drug-likeness (QED) is 0.473. The molecule has 0 rings (SSSR count). The normalized spacial score (nSPS) is 11.8. The maximum atomic E-state index is 11.8. The van der Waals surface area contributed by atoms with Crippen LogP contribution in [0.25, 0.3) is 0 Å². The first-order chi connectivity index (χ1) is 8.83. The van der Waals surface area contributed by atoms with Crippen molar-refractivity contribution in [2.24, 2.45) is 5.92 Å². The van der Waals surface area contributed by atoms with E-state index in [4.69, 9.17) is 4.74 Å². The second-order valence-corrected chi connectivity index (χ2v) is 7.16. The Balaban J connectivity index is 3.95. The van der Waals surface area contributed by atoms with Crippen molar-refractivity contribution >= 4 is 27.9 Å². The van der Waals surface area contributed by atoms with Gasteiger partial charge < -0.3 is 4.74 Å². The van der Waals surface area contributed by atoms with Gasteiger partial charge in [-0.1, -0.05) is 25.8 Å². The highest BCUT2D eigenvalue weighted by Crippen LogP contribution is 2.06. The summed E-state index contributed by atoms with van der Waals surface area (Å²) >= 11 is 1.51. The van der Waals surface area contributed by atoms with Crippen molar-refractivity contribution in [2.75, 3.05) is 38.8 Å². The topological polar surface area (TPSA) is 75.7 Å². The molecule has 6 nitrogen and oxygen atoms in total. The van der Waals surface area contributed by atoms with Gasteiger partial charge in [-0.05, 0) is 12.7 Å². The van der Waals surface area contributed by atoms with Crippen molar-refractivity contribution in [3.05, 3.63) is 0 Å². The lowest BCUT2D eigenvalue weighted by atomic mass is 10.2. The summed E-state index contributed by atoms with van der Waals surface area (Å²) in [6, 6.07) is 0. The highest BCUT2D eigenvalue weighted by atomic mass is 32.2. The van der Waals surface area contributed by atoms with Gasteiger partial charge in [-0.25, -0.2) is 12.7 Å². The average molecular weight is 312 g/mol. The molecular weight excluding hydrogens is 288 g/mol. The van der Waals surface area contributed by atoms with Crippen LogP contribution in [-0.4, -0.2) is 57.4 Å². The molecular formula is C11H24N2O4S2. The van der Waals surface area contributed by atoms with Crippen LogP contribution in [0, 0.1) is 5.92 Å². The van der Waals surface area contributed by atoms with Crippen molar-refractivity contribution in [1.82, 2.24) is 9.03 Å². The van der Waals surface area contributed by atoms with Crippen molar-refractivity contribution in [3.63, 3.8) is 0 Å². The highest BCUT2D eigenvalue weighted by Gasteiger charge is 2.24. The average Bonchev–Trinajstić information content (AvgIpc) is 2.35. The Hall–Kier alpha value is -0.310. The number of amides is 1. The van der Waals surface area contributed by atoms with Crippen LogP contribution in [0.4, 0.5) is 0 Å². The SMILES string of the molecule is CSNCCOCCCS(=O)(=O)N(C)C(=O)C(C)C. The molecule has 0 atom stereocenters. The number of ether oxygens (including phenoxy) is 1. The molecule has 0 aromatic carbocycles. The molecule has 8 heteroatoms. The Morgan fingerprint density at radius 3 is 2.53 bits per heavy atom. The molecule has 0 saturated carbocycles. The first-order valence-electron chi connectivity index (χ1n) is 6.17. The predicted octanol–water partition coefficient (Wildman–Crippen LogP) is 0.705. The van der Waals surface area contributed by atoms with E-state index in [0.717, 1.165) is 10.8 Å². The van der Waals surface area contributed by atoms with Crippen LogP contribution in [0.15, 0.2) is 0 Å². The lowest BCUT2D eigenvalue weighted by Crippen LogP contribution is -2.37. The van der Waals surface area contributed by atoms with Crippen molar-refractivity contribution in [2.45, 2.75) is 20.3 Å². The summed E-state index contributed by atoms with van der Waals surface area (Å²) < 4.78 is 32.8. The standard InChI is InChI=1S/C11H24N2O4S2/c1-10(2)11(14)13(3)19(15,16)9-5-7-17-8-6-12-18-4/h10,12H,5-9H2,1-4H3. The minimum absolute atomic E-state index is 0.0715. The lowest BCUT2D eigenvalue weighted by molar-refractivity contribution is -0.128. The third kappa shape index (κ3) is 7.76. The van der Waals surface area contributed by atoms with E-state index in [1.54, 1.807) is 13.8 Å². The molecule has 0 saturated heterocycles. The summed E-state index contributed by atoms with van der Waals surface area (Å²) in [7, 11) is -2.21. The van der Waals surface area contributed by atoms with Crippen LogP contribution < -0.4 is 4.72 Å². The van der Waals surface area contributed by atoms with E-state index in [1.807, 2.05) is 6.26 Å². The number of nitrogens with zero attached hydrogens (tertiary/aromatic N) is 1. The number of carbonyl (C=O) groups excluding carboxylic acids is 1. The first kappa shape index (κ1) is 18.7. The van der Waals surface area contributed by atoms with Gasteiger partial charge in [0.1, 0.15) is 0 Å². The molecule has 0 aliphatic rings. The van der Waals surface area contributed by atoms with E-state index in [1.165, 1.54) is 19.0 Å². The number of hydrogen-bond donors (Lipinski definition) is 1. The largest absolute Gasteiger partial charge is 0.380 e. The van der Waals surface area contributed by atoms with Gasteiger partial charge in [0, 0.05) is 26.1 Å². The molecule has 0 spiro atoms. The first-order valence-corrected chi connectivity index (χ1v) is 9.00. The summed E-state index contributed by atoms with van der Waals surface area (Å²) in [6.07, 6.45) is 2.31. The molecule has 1 N–H and O–H groups in total. The monoisotopic (exact) mass is 312 g/mol. The van der Waals surface area contributed by atoms with Gasteiger partial charge in [-0.2, -0.15) is 0 Å². The molecule has 0 radical (unpaired) electrons. The second kappa shape index (κ2) is 9.57. The van der Waals surface area contributed by atoms with Gasteiger partial charge in [-0.15, -0.1) is 0 Å². The van der Waals surface area contributed by atoms with Gasteiger partial charge in [-0.3, -0.25) is 9.52 Å². The minimum Gasteiger partial charge on any atom is -0.380 e. The van der Waals surface area contributed by atoms with E-state index in [2.05, 4.69) is 4.72 Å². The summed E-state index contributed by atoms with van der Waals surface area (Å²) in [4.78, 5) is 11.6. The maximum absolute atomic E-state index is 11.8. The van der Waals surface area contributed by atoms with Gasteiger partial charge in [0.05, 0.1) is 12.4 Å². The van der Waals surface area contributed by atoms with Gasteiger partial charge in [0.15, 0.2) is 0 Å². The fraction of sp³-hybridized carbons (Fsp3) is 0.909. The Morgan fingerprint density at radius 1 is 1.37 bits per heavy atom. The smallest absolute Gasteiger partial charge is 0.238 e. The molecule has 0 fully saturated rings. The maximum Gasteiger partial charge on any atom is 0.238 e. The Kier molecular flexibility index (Phi) is 9.42. The van der Waals surface area contributed by atoms with Gasteiger partial charge >= 0.3 is 0 Å². The summed E-state index contributed by atoms with van der Waals surface area (Å²) in [6.45, 7) is 4.99. The van der Waals surface area contributed by atoms with Crippen molar-refractivity contribution < 1.29 is 17.9 Å². The Morgan fingerprint density at radius 2 is 2.00 bits per heavy atom. The zero-order valence-corrected chi connectivity index (χ0v) is 13.6. The van der Waals surface area contributed by atoms with E-state index >= 15 is 0 Å². The van der Waals surface area contributed by atoms with E-state index in [-0.39, 0.29) is 17.6 Å².